The minimum Gasteiger partial charge on any atom is -0.496 e. The molecule has 106 valence electrons. The highest BCUT2D eigenvalue weighted by Crippen LogP contribution is 2.22. The Bertz CT molecular complexity index is 573. The molecule has 0 saturated heterocycles. The number of nitrogens with one attached hydrogen (secondary N) is 2. The Morgan fingerprint density at radius 1 is 1.20 bits per heavy atom. The summed E-state index contributed by atoms with van der Waals surface area (Å²) in [5.41, 5.74) is 4.62. The first-order chi connectivity index (χ1) is 9.80. The van der Waals surface area contributed by atoms with Crippen LogP contribution in [0, 0.1) is 0 Å². The molecule has 1 heterocycles. The van der Waals surface area contributed by atoms with Crippen LogP contribution in [0.15, 0.2) is 30.6 Å². The molecule has 0 saturated carbocycles. The third-order valence-electron chi connectivity index (χ3n) is 3.07. The molecule has 2 rings (SSSR count). The molecule has 0 spiro atoms. The first kappa shape index (κ1) is 14.1. The first-order valence-electron chi connectivity index (χ1n) is 6.46. The highest BCUT2D eigenvalue weighted by molar-refractivity contribution is 5.57. The maximum atomic E-state index is 5.46. The van der Waals surface area contributed by atoms with Gasteiger partial charge in [0, 0.05) is 17.7 Å². The number of hydrogen-bond donors (Lipinski definition) is 3. The van der Waals surface area contributed by atoms with E-state index < -0.39 is 0 Å². The molecular formula is C14H19N5O. The summed E-state index contributed by atoms with van der Waals surface area (Å²) in [4.78, 5) is 8.38. The largest absolute Gasteiger partial charge is 0.496 e. The fourth-order valence-corrected chi connectivity index (χ4v) is 2.05. The van der Waals surface area contributed by atoms with Gasteiger partial charge in [-0.15, -0.1) is 0 Å². The van der Waals surface area contributed by atoms with Gasteiger partial charge in [0.15, 0.2) is 0 Å². The number of hydrazine groups is 1. The molecule has 0 bridgehead atoms. The Hall–Kier alpha value is -2.34. The van der Waals surface area contributed by atoms with Gasteiger partial charge < -0.3 is 15.5 Å². The van der Waals surface area contributed by atoms with Crippen LogP contribution < -0.4 is 21.3 Å². The maximum absolute atomic E-state index is 5.46. The summed E-state index contributed by atoms with van der Waals surface area (Å²) in [5, 5.41) is 3.30. The summed E-state index contributed by atoms with van der Waals surface area (Å²) in [6.07, 6.45) is 2.27. The number of benzene rings is 1. The minimum atomic E-state index is 0.623. The topological polar surface area (TPSA) is 85.1 Å². The van der Waals surface area contributed by atoms with E-state index in [1.165, 1.54) is 6.33 Å². The van der Waals surface area contributed by atoms with Crippen molar-refractivity contribution in [1.82, 2.24) is 9.97 Å². The van der Waals surface area contributed by atoms with Gasteiger partial charge in [-0.25, -0.2) is 15.8 Å². The van der Waals surface area contributed by atoms with Gasteiger partial charge >= 0.3 is 0 Å². The minimum absolute atomic E-state index is 0.623. The lowest BCUT2D eigenvalue weighted by atomic mass is 10.2. The number of nitrogens with two attached hydrogens (primary N) is 1. The number of nitrogen functional groups attached to an aromatic ring is 1. The number of nitrogens with zero attached hydrogens (tertiary/aromatic N) is 2. The van der Waals surface area contributed by atoms with Gasteiger partial charge in [-0.3, -0.25) is 0 Å². The molecule has 6 heteroatoms. The lowest BCUT2D eigenvalue weighted by Crippen LogP contribution is -2.14. The van der Waals surface area contributed by atoms with Crippen molar-refractivity contribution in [2.45, 2.75) is 19.9 Å². The van der Waals surface area contributed by atoms with Crippen LogP contribution in [0.25, 0.3) is 0 Å². The van der Waals surface area contributed by atoms with E-state index in [1.54, 1.807) is 7.11 Å². The van der Waals surface area contributed by atoms with E-state index in [9.17, 15) is 0 Å². The average molecular weight is 273 g/mol. The fraction of sp³-hybridized carbons (Fsp3) is 0.286. The lowest BCUT2D eigenvalue weighted by Gasteiger charge is -2.14. The normalized spacial score (nSPS) is 10.2. The number of methoxy groups -OCH3 is 1. The van der Waals surface area contributed by atoms with Crippen LogP contribution in [0.3, 0.4) is 0 Å². The van der Waals surface area contributed by atoms with Crippen molar-refractivity contribution in [1.29, 1.82) is 0 Å². The number of ether oxygens (including phenoxy) is 1. The van der Waals surface area contributed by atoms with Crippen LogP contribution in [0.2, 0.25) is 0 Å². The van der Waals surface area contributed by atoms with Crippen molar-refractivity contribution in [2.24, 2.45) is 5.84 Å². The van der Waals surface area contributed by atoms with Gasteiger partial charge in [0.25, 0.3) is 0 Å². The molecule has 0 aliphatic heterocycles. The van der Waals surface area contributed by atoms with E-state index in [2.05, 4.69) is 20.7 Å². The molecule has 1 aromatic heterocycles. The van der Waals surface area contributed by atoms with E-state index in [4.69, 9.17) is 10.6 Å². The van der Waals surface area contributed by atoms with Crippen LogP contribution in [0.4, 0.5) is 11.6 Å². The number of hydrogen-bond acceptors (Lipinski definition) is 6. The van der Waals surface area contributed by atoms with Gasteiger partial charge in [0.05, 0.1) is 7.11 Å². The van der Waals surface area contributed by atoms with Gasteiger partial charge in [0.2, 0.25) is 0 Å². The smallest absolute Gasteiger partial charge is 0.148 e. The van der Waals surface area contributed by atoms with Gasteiger partial charge in [-0.1, -0.05) is 25.1 Å². The number of anilines is 2. The van der Waals surface area contributed by atoms with Crippen molar-refractivity contribution in [3.8, 4) is 5.75 Å². The zero-order valence-corrected chi connectivity index (χ0v) is 11.7. The van der Waals surface area contributed by atoms with Gasteiger partial charge in [-0.05, 0) is 12.5 Å². The molecule has 0 fully saturated rings. The van der Waals surface area contributed by atoms with Crippen molar-refractivity contribution in [2.75, 3.05) is 17.9 Å². The number of aromatic nitrogens is 2. The van der Waals surface area contributed by atoms with E-state index in [0.717, 1.165) is 29.1 Å². The summed E-state index contributed by atoms with van der Waals surface area (Å²) >= 11 is 0. The van der Waals surface area contributed by atoms with Gasteiger partial charge in [-0.2, -0.15) is 0 Å². The number of rotatable bonds is 6. The summed E-state index contributed by atoms with van der Waals surface area (Å²) in [5.74, 6) is 7.73. The highest BCUT2D eigenvalue weighted by atomic mass is 16.5. The van der Waals surface area contributed by atoms with Crippen molar-refractivity contribution in [3.63, 3.8) is 0 Å². The highest BCUT2D eigenvalue weighted by Gasteiger charge is 2.09. The second kappa shape index (κ2) is 6.72. The SMILES string of the molecule is CCc1c(NN)ncnc1NCc1ccccc1OC. The molecule has 1 aromatic carbocycles. The van der Waals surface area contributed by atoms with E-state index in [1.807, 2.05) is 31.2 Å². The Labute approximate surface area is 118 Å². The van der Waals surface area contributed by atoms with Crippen LogP contribution in [-0.2, 0) is 13.0 Å². The average Bonchev–Trinajstić information content (AvgIpc) is 2.52. The molecule has 0 unspecified atom stereocenters. The van der Waals surface area contributed by atoms with Gasteiger partial charge in [0.1, 0.15) is 23.7 Å². The van der Waals surface area contributed by atoms with Crippen molar-refractivity contribution in [3.05, 3.63) is 41.7 Å². The van der Waals surface area contributed by atoms with E-state index >= 15 is 0 Å². The van der Waals surface area contributed by atoms with Crippen LogP contribution in [-0.4, -0.2) is 17.1 Å². The summed E-state index contributed by atoms with van der Waals surface area (Å²) < 4.78 is 5.33. The lowest BCUT2D eigenvalue weighted by molar-refractivity contribution is 0.410. The van der Waals surface area contributed by atoms with Crippen LogP contribution in [0.1, 0.15) is 18.1 Å². The third kappa shape index (κ3) is 2.97. The van der Waals surface area contributed by atoms with E-state index in [-0.39, 0.29) is 0 Å². The maximum Gasteiger partial charge on any atom is 0.148 e. The summed E-state index contributed by atoms with van der Waals surface area (Å²) in [7, 11) is 1.66. The Kier molecular flexibility index (Phi) is 4.73. The van der Waals surface area contributed by atoms with Crippen LogP contribution >= 0.6 is 0 Å². The fourth-order valence-electron chi connectivity index (χ4n) is 2.05. The Morgan fingerprint density at radius 3 is 2.65 bits per heavy atom. The molecule has 0 aliphatic rings. The van der Waals surface area contributed by atoms with Crippen molar-refractivity contribution >= 4 is 11.6 Å². The second-order valence-corrected chi connectivity index (χ2v) is 4.21. The monoisotopic (exact) mass is 273 g/mol. The van der Waals surface area contributed by atoms with Crippen molar-refractivity contribution < 1.29 is 4.74 Å². The number of para-hydroxylation sites is 1. The predicted octanol–water partition coefficient (Wildman–Crippen LogP) is 1.95. The standard InChI is InChI=1S/C14H19N5O/c1-3-11-13(17-9-18-14(11)19-15)16-8-10-6-4-5-7-12(10)20-2/h4-7,9H,3,8,15H2,1-2H3,(H2,16,17,18,19). The Balaban J connectivity index is 2.19. The zero-order valence-electron chi connectivity index (χ0n) is 11.7. The van der Waals surface area contributed by atoms with E-state index in [0.29, 0.717) is 12.4 Å². The third-order valence-corrected chi connectivity index (χ3v) is 3.07. The molecule has 0 aliphatic carbocycles. The van der Waals surface area contributed by atoms with Crippen LogP contribution in [0.5, 0.6) is 5.75 Å². The molecule has 0 atom stereocenters. The zero-order chi connectivity index (χ0) is 14.4. The summed E-state index contributed by atoms with van der Waals surface area (Å²) in [6.45, 7) is 2.66. The first-order valence-corrected chi connectivity index (χ1v) is 6.46. The predicted molar refractivity (Wildman–Crippen MR) is 79.5 cm³/mol. The molecule has 20 heavy (non-hydrogen) atoms. The molecule has 0 amide bonds. The molecule has 0 radical (unpaired) electrons. The summed E-state index contributed by atoms with van der Waals surface area (Å²) in [6, 6.07) is 7.87. The quantitative estimate of drug-likeness (QED) is 0.551. The molecule has 4 N–H and O–H groups in total. The Morgan fingerprint density at radius 2 is 1.95 bits per heavy atom. The molecular weight excluding hydrogens is 254 g/mol. The second-order valence-electron chi connectivity index (χ2n) is 4.21. The molecule has 6 nitrogen and oxygen atoms in total. The molecule has 2 aromatic rings.